The van der Waals surface area contributed by atoms with E-state index in [1.807, 2.05) is 36.4 Å². The Bertz CT molecular complexity index is 1040. The maximum atomic E-state index is 12.0. The van der Waals surface area contributed by atoms with Crippen LogP contribution in [0.5, 0.6) is 5.75 Å². The minimum absolute atomic E-state index is 0.0709. The average molecular weight is 380 g/mol. The van der Waals surface area contributed by atoms with Gasteiger partial charge in [0.2, 0.25) is 0 Å². The lowest BCUT2D eigenvalue weighted by molar-refractivity contribution is -0.139. The van der Waals surface area contributed by atoms with Crippen LogP contribution in [0.15, 0.2) is 53.0 Å². The summed E-state index contributed by atoms with van der Waals surface area (Å²) in [6.45, 7) is 1.57. The number of carbonyl (C=O) groups excluding carboxylic acids is 2. The van der Waals surface area contributed by atoms with Crippen molar-refractivity contribution < 1.29 is 28.2 Å². The molecule has 0 unspecified atom stereocenters. The van der Waals surface area contributed by atoms with E-state index < -0.39 is 11.9 Å². The molecule has 0 fully saturated rings. The number of fused-ring (bicyclic) bond motifs is 1. The molecule has 28 heavy (non-hydrogen) atoms. The average Bonchev–Trinajstić information content (AvgIpc) is 3.10. The highest BCUT2D eigenvalue weighted by atomic mass is 16.5. The molecule has 0 amide bonds. The maximum Gasteiger partial charge on any atom is 0.341 e. The summed E-state index contributed by atoms with van der Waals surface area (Å²) in [5.41, 5.74) is 1.19. The molecule has 2 aromatic carbocycles. The Labute approximate surface area is 162 Å². The molecule has 0 bridgehead atoms. The summed E-state index contributed by atoms with van der Waals surface area (Å²) in [6.07, 6.45) is 3.03. The number of methoxy groups -OCH3 is 2. The molecule has 0 atom stereocenters. The number of furan rings is 1. The zero-order chi connectivity index (χ0) is 20.1. The molecule has 144 valence electrons. The molecule has 3 aromatic rings. The molecule has 0 spiro atoms. The van der Waals surface area contributed by atoms with Crippen LogP contribution in [0.2, 0.25) is 0 Å². The van der Waals surface area contributed by atoms with Crippen LogP contribution in [0.1, 0.15) is 27.4 Å². The van der Waals surface area contributed by atoms with Crippen LogP contribution in [-0.4, -0.2) is 26.2 Å². The zero-order valence-corrected chi connectivity index (χ0v) is 15.9. The first kappa shape index (κ1) is 19.2. The Morgan fingerprint density at radius 1 is 1.04 bits per heavy atom. The van der Waals surface area contributed by atoms with Gasteiger partial charge in [-0.25, -0.2) is 9.59 Å². The second kappa shape index (κ2) is 8.43. The number of hydrogen-bond acceptors (Lipinski definition) is 6. The molecule has 0 N–H and O–H groups in total. The first-order valence-electron chi connectivity index (χ1n) is 8.60. The van der Waals surface area contributed by atoms with Crippen molar-refractivity contribution in [1.29, 1.82) is 0 Å². The minimum Gasteiger partial charge on any atom is -0.497 e. The van der Waals surface area contributed by atoms with Gasteiger partial charge in [0.05, 0.1) is 14.2 Å². The Morgan fingerprint density at radius 2 is 1.79 bits per heavy atom. The van der Waals surface area contributed by atoms with Gasteiger partial charge in [-0.1, -0.05) is 18.2 Å². The smallest absolute Gasteiger partial charge is 0.341 e. The molecule has 6 nitrogen and oxygen atoms in total. The van der Waals surface area contributed by atoms with Crippen molar-refractivity contribution in [3.8, 4) is 5.75 Å². The molecule has 0 radical (unpaired) electrons. The highest BCUT2D eigenvalue weighted by Crippen LogP contribution is 2.22. The molecule has 3 rings (SSSR count). The summed E-state index contributed by atoms with van der Waals surface area (Å²) in [4.78, 5) is 23.5. The number of esters is 2. The van der Waals surface area contributed by atoms with Gasteiger partial charge in [0.25, 0.3) is 0 Å². The van der Waals surface area contributed by atoms with Gasteiger partial charge in [-0.05, 0) is 53.6 Å². The van der Waals surface area contributed by atoms with Gasteiger partial charge >= 0.3 is 11.9 Å². The van der Waals surface area contributed by atoms with Crippen molar-refractivity contribution in [3.63, 3.8) is 0 Å². The first-order chi connectivity index (χ1) is 13.5. The summed E-state index contributed by atoms with van der Waals surface area (Å²) in [6, 6.07) is 13.1. The number of rotatable bonds is 6. The van der Waals surface area contributed by atoms with Gasteiger partial charge in [-0.3, -0.25) is 0 Å². The van der Waals surface area contributed by atoms with Crippen molar-refractivity contribution >= 4 is 28.8 Å². The van der Waals surface area contributed by atoms with Gasteiger partial charge in [-0.15, -0.1) is 0 Å². The van der Waals surface area contributed by atoms with Gasteiger partial charge in [0.1, 0.15) is 29.4 Å². The molecule has 1 aromatic heterocycles. The van der Waals surface area contributed by atoms with E-state index in [1.54, 1.807) is 20.1 Å². The van der Waals surface area contributed by atoms with E-state index >= 15 is 0 Å². The van der Waals surface area contributed by atoms with Crippen molar-refractivity contribution in [1.82, 2.24) is 0 Å². The summed E-state index contributed by atoms with van der Waals surface area (Å²) in [7, 11) is 2.92. The van der Waals surface area contributed by atoms with Crippen LogP contribution >= 0.6 is 0 Å². The SMILES string of the molecule is COC(=O)c1cc(COC(=O)C=Cc2ccc3cc(OC)ccc3c2)oc1C. The number of aryl methyl sites for hydroxylation is 1. The second-order valence-corrected chi connectivity index (χ2v) is 6.09. The Morgan fingerprint density at radius 3 is 2.54 bits per heavy atom. The highest BCUT2D eigenvalue weighted by Gasteiger charge is 2.15. The predicted molar refractivity (Wildman–Crippen MR) is 104 cm³/mol. The highest BCUT2D eigenvalue weighted by molar-refractivity contribution is 5.91. The van der Waals surface area contributed by atoms with Crippen molar-refractivity contribution in [3.05, 3.63) is 71.2 Å². The van der Waals surface area contributed by atoms with Gasteiger partial charge < -0.3 is 18.6 Å². The van der Waals surface area contributed by atoms with E-state index in [0.29, 0.717) is 17.1 Å². The lowest BCUT2D eigenvalue weighted by Crippen LogP contribution is -2.01. The topological polar surface area (TPSA) is 75.0 Å². The molecule has 1 heterocycles. The molecule has 0 saturated heterocycles. The summed E-state index contributed by atoms with van der Waals surface area (Å²) >= 11 is 0. The molecular formula is C22H20O6. The van der Waals surface area contributed by atoms with Crippen LogP contribution in [-0.2, 0) is 20.9 Å². The fraction of sp³-hybridized carbons (Fsp3) is 0.182. The first-order valence-corrected chi connectivity index (χ1v) is 8.60. The van der Waals surface area contributed by atoms with E-state index in [2.05, 4.69) is 4.74 Å². The summed E-state index contributed by atoms with van der Waals surface area (Å²) < 4.78 is 20.4. The normalized spacial score (nSPS) is 11.0. The van der Waals surface area contributed by atoms with Gasteiger partial charge in [0.15, 0.2) is 0 Å². The van der Waals surface area contributed by atoms with Crippen molar-refractivity contribution in [2.24, 2.45) is 0 Å². The van der Waals surface area contributed by atoms with Crippen LogP contribution in [0.3, 0.4) is 0 Å². The number of hydrogen-bond donors (Lipinski definition) is 0. The van der Waals surface area contributed by atoms with E-state index in [0.717, 1.165) is 22.1 Å². The van der Waals surface area contributed by atoms with Crippen LogP contribution in [0, 0.1) is 6.92 Å². The lowest BCUT2D eigenvalue weighted by atomic mass is 10.1. The minimum atomic E-state index is -0.511. The standard InChI is InChI=1S/C22H20O6/c1-14-20(22(24)26-3)12-19(28-14)13-27-21(23)9-5-15-4-6-17-11-18(25-2)8-7-16(17)10-15/h4-12H,13H2,1-3H3. The van der Waals surface area contributed by atoms with Crippen LogP contribution in [0.25, 0.3) is 16.8 Å². The molecule has 6 heteroatoms. The quantitative estimate of drug-likeness (QED) is 0.469. The third-order valence-electron chi connectivity index (χ3n) is 4.21. The largest absolute Gasteiger partial charge is 0.497 e. The Balaban J connectivity index is 1.62. The van der Waals surface area contributed by atoms with Gasteiger partial charge in [0, 0.05) is 6.08 Å². The monoisotopic (exact) mass is 380 g/mol. The van der Waals surface area contributed by atoms with E-state index in [1.165, 1.54) is 19.3 Å². The number of ether oxygens (including phenoxy) is 3. The fourth-order valence-electron chi connectivity index (χ4n) is 2.76. The van der Waals surface area contributed by atoms with Crippen LogP contribution < -0.4 is 4.74 Å². The summed E-state index contributed by atoms with van der Waals surface area (Å²) in [5, 5.41) is 2.09. The molecule has 0 aliphatic rings. The van der Waals surface area contributed by atoms with E-state index in [4.69, 9.17) is 13.9 Å². The van der Waals surface area contributed by atoms with Crippen molar-refractivity contribution in [2.45, 2.75) is 13.5 Å². The van der Waals surface area contributed by atoms with E-state index in [9.17, 15) is 9.59 Å². The zero-order valence-electron chi connectivity index (χ0n) is 15.9. The molecule has 0 aliphatic heterocycles. The molecular weight excluding hydrogens is 360 g/mol. The third-order valence-corrected chi connectivity index (χ3v) is 4.21. The molecule has 0 saturated carbocycles. The number of benzene rings is 2. The van der Waals surface area contributed by atoms with E-state index in [-0.39, 0.29) is 6.61 Å². The maximum absolute atomic E-state index is 12.0. The Hall–Kier alpha value is -3.54. The van der Waals surface area contributed by atoms with Crippen molar-refractivity contribution in [2.75, 3.05) is 14.2 Å². The third kappa shape index (κ3) is 4.40. The Kier molecular flexibility index (Phi) is 5.79. The lowest BCUT2D eigenvalue weighted by Gasteiger charge is -2.03. The molecule has 0 aliphatic carbocycles. The van der Waals surface area contributed by atoms with Gasteiger partial charge in [-0.2, -0.15) is 0 Å². The summed E-state index contributed by atoms with van der Waals surface area (Å²) in [5.74, 6) is 0.583. The van der Waals surface area contributed by atoms with Crippen LogP contribution in [0.4, 0.5) is 0 Å². The fourth-order valence-corrected chi connectivity index (χ4v) is 2.76. The number of carbonyl (C=O) groups is 2. The second-order valence-electron chi connectivity index (χ2n) is 6.09. The predicted octanol–water partition coefficient (Wildman–Crippen LogP) is 4.29.